The average Bonchev–Trinajstić information content (AvgIpc) is 2.74. The first-order chi connectivity index (χ1) is 13.8. The molecular formula is C22H27ClN2O3S. The summed E-state index contributed by atoms with van der Waals surface area (Å²) in [7, 11) is -3.64. The number of carbonyl (C=O) groups excluding carboxylic acids is 1. The van der Waals surface area contributed by atoms with Gasteiger partial charge in [-0.3, -0.25) is 4.79 Å². The normalized spacial score (nSPS) is 18.9. The van der Waals surface area contributed by atoms with E-state index in [0.29, 0.717) is 30.3 Å². The van der Waals surface area contributed by atoms with Gasteiger partial charge in [0, 0.05) is 23.8 Å². The number of benzene rings is 2. The van der Waals surface area contributed by atoms with Crippen LogP contribution in [0.1, 0.15) is 44.6 Å². The molecule has 1 heterocycles. The maximum Gasteiger partial charge on any atom is 0.243 e. The molecule has 1 fully saturated rings. The number of anilines is 1. The summed E-state index contributed by atoms with van der Waals surface area (Å²) in [6.07, 6.45) is 2.38. The molecule has 156 valence electrons. The molecule has 0 radical (unpaired) electrons. The maximum atomic E-state index is 12.9. The molecule has 1 saturated heterocycles. The minimum atomic E-state index is -3.64. The quantitative estimate of drug-likeness (QED) is 0.703. The number of sulfonamides is 1. The highest BCUT2D eigenvalue weighted by Gasteiger charge is 2.33. The van der Waals surface area contributed by atoms with Gasteiger partial charge in [0.2, 0.25) is 15.9 Å². The Balaban J connectivity index is 1.67. The number of rotatable bonds is 6. The van der Waals surface area contributed by atoms with Crippen LogP contribution in [0.5, 0.6) is 0 Å². The molecular weight excluding hydrogens is 408 g/mol. The highest BCUT2D eigenvalue weighted by Crippen LogP contribution is 2.26. The molecule has 0 saturated carbocycles. The van der Waals surface area contributed by atoms with E-state index in [-0.39, 0.29) is 23.3 Å². The van der Waals surface area contributed by atoms with Crippen LogP contribution in [0.15, 0.2) is 53.4 Å². The molecule has 2 aromatic carbocycles. The Labute approximate surface area is 178 Å². The van der Waals surface area contributed by atoms with Gasteiger partial charge in [0.1, 0.15) is 0 Å². The molecule has 1 aliphatic heterocycles. The van der Waals surface area contributed by atoms with Crippen molar-refractivity contribution in [1.29, 1.82) is 0 Å². The Kier molecular flexibility index (Phi) is 6.98. The minimum absolute atomic E-state index is 0.141. The number of piperidine rings is 1. The monoisotopic (exact) mass is 434 g/mol. The lowest BCUT2D eigenvalue weighted by Gasteiger charge is -2.31. The maximum absolute atomic E-state index is 12.9. The molecule has 0 bridgehead atoms. The number of nitrogens with zero attached hydrogens (tertiary/aromatic N) is 1. The van der Waals surface area contributed by atoms with Crippen LogP contribution in [0, 0.1) is 5.92 Å². The van der Waals surface area contributed by atoms with Gasteiger partial charge in [-0.15, -0.1) is 0 Å². The summed E-state index contributed by atoms with van der Waals surface area (Å²) in [6.45, 7) is 4.92. The van der Waals surface area contributed by atoms with Crippen molar-refractivity contribution < 1.29 is 13.2 Å². The Morgan fingerprint density at radius 3 is 2.45 bits per heavy atom. The Morgan fingerprint density at radius 2 is 1.83 bits per heavy atom. The second kappa shape index (κ2) is 9.28. The van der Waals surface area contributed by atoms with Gasteiger partial charge in [0.25, 0.3) is 0 Å². The third kappa shape index (κ3) is 5.18. The van der Waals surface area contributed by atoms with Crippen LogP contribution in [-0.2, 0) is 14.8 Å². The number of hydrogen-bond acceptors (Lipinski definition) is 3. The Morgan fingerprint density at radius 1 is 1.17 bits per heavy atom. The highest BCUT2D eigenvalue weighted by molar-refractivity contribution is 7.89. The van der Waals surface area contributed by atoms with Crippen LogP contribution >= 0.6 is 11.6 Å². The van der Waals surface area contributed by atoms with E-state index in [9.17, 15) is 13.2 Å². The van der Waals surface area contributed by atoms with Crippen molar-refractivity contribution >= 4 is 33.2 Å². The predicted molar refractivity (Wildman–Crippen MR) is 117 cm³/mol. The number of halogens is 1. The molecule has 5 nitrogen and oxygen atoms in total. The van der Waals surface area contributed by atoms with Gasteiger partial charge in [-0.1, -0.05) is 37.6 Å². The molecule has 0 aliphatic carbocycles. The Hall–Kier alpha value is -1.89. The molecule has 3 rings (SSSR count). The number of nitrogens with one attached hydrogen (secondary N) is 1. The van der Waals surface area contributed by atoms with Crippen LogP contribution in [0.3, 0.4) is 0 Å². The van der Waals surface area contributed by atoms with Crippen molar-refractivity contribution in [1.82, 2.24) is 4.31 Å². The first-order valence-electron chi connectivity index (χ1n) is 9.97. The molecule has 2 aromatic rings. The Bertz CT molecular complexity index is 943. The lowest BCUT2D eigenvalue weighted by molar-refractivity contribution is -0.120. The topological polar surface area (TPSA) is 66.5 Å². The SMILES string of the molecule is CC[C@H](C)c1ccc(NC(=O)[C@@H]2CCCN(S(=O)(=O)c3ccc(Cl)cc3)C2)cc1. The summed E-state index contributed by atoms with van der Waals surface area (Å²) in [5.74, 6) is -0.0397. The number of carbonyl (C=O) groups is 1. The molecule has 0 unspecified atom stereocenters. The first kappa shape index (κ1) is 21.8. The number of amides is 1. The molecule has 0 aromatic heterocycles. The fourth-order valence-electron chi connectivity index (χ4n) is 3.51. The first-order valence-corrected chi connectivity index (χ1v) is 11.8. The molecule has 2 atom stereocenters. The van der Waals surface area contributed by atoms with Crippen molar-refractivity contribution in [3.05, 3.63) is 59.1 Å². The highest BCUT2D eigenvalue weighted by atomic mass is 35.5. The summed E-state index contributed by atoms with van der Waals surface area (Å²) in [5.41, 5.74) is 1.98. The van der Waals surface area contributed by atoms with E-state index in [2.05, 4.69) is 19.2 Å². The van der Waals surface area contributed by atoms with Gasteiger partial charge in [-0.2, -0.15) is 4.31 Å². The van der Waals surface area contributed by atoms with Crippen LogP contribution < -0.4 is 5.32 Å². The van der Waals surface area contributed by atoms with Gasteiger partial charge in [0.15, 0.2) is 0 Å². The molecule has 7 heteroatoms. The zero-order valence-electron chi connectivity index (χ0n) is 16.8. The third-order valence-electron chi connectivity index (χ3n) is 5.57. The van der Waals surface area contributed by atoms with E-state index in [0.717, 1.165) is 12.1 Å². The summed E-state index contributed by atoms with van der Waals surface area (Å²) in [6, 6.07) is 14.0. The number of hydrogen-bond donors (Lipinski definition) is 1. The van der Waals surface area contributed by atoms with Gasteiger partial charge in [0.05, 0.1) is 10.8 Å². The standard InChI is InChI=1S/C22H27ClN2O3S/c1-3-16(2)17-6-10-20(11-7-17)24-22(26)18-5-4-14-25(15-18)29(27,28)21-12-8-19(23)9-13-21/h6-13,16,18H,3-5,14-15H2,1-2H3,(H,24,26)/t16-,18+/m0/s1. The predicted octanol–water partition coefficient (Wildman–Crippen LogP) is 4.89. The van der Waals surface area contributed by atoms with Crippen LogP contribution in [0.4, 0.5) is 5.69 Å². The van der Waals surface area contributed by atoms with Gasteiger partial charge in [-0.05, 0) is 67.1 Å². The van der Waals surface area contributed by atoms with Crippen molar-refractivity contribution in [3.63, 3.8) is 0 Å². The zero-order chi connectivity index (χ0) is 21.0. The van der Waals surface area contributed by atoms with Crippen LogP contribution in [0.2, 0.25) is 5.02 Å². The fourth-order valence-corrected chi connectivity index (χ4v) is 5.16. The fraction of sp³-hybridized carbons (Fsp3) is 0.409. The van der Waals surface area contributed by atoms with Gasteiger partial charge >= 0.3 is 0 Å². The van der Waals surface area contributed by atoms with Gasteiger partial charge in [-0.25, -0.2) is 8.42 Å². The van der Waals surface area contributed by atoms with Crippen molar-refractivity contribution in [3.8, 4) is 0 Å². The van der Waals surface area contributed by atoms with Gasteiger partial charge < -0.3 is 5.32 Å². The van der Waals surface area contributed by atoms with Crippen LogP contribution in [-0.4, -0.2) is 31.7 Å². The third-order valence-corrected chi connectivity index (χ3v) is 7.70. The van der Waals surface area contributed by atoms with E-state index < -0.39 is 10.0 Å². The average molecular weight is 435 g/mol. The largest absolute Gasteiger partial charge is 0.326 e. The van der Waals surface area contributed by atoms with Crippen molar-refractivity contribution in [2.75, 3.05) is 18.4 Å². The molecule has 1 N–H and O–H groups in total. The van der Waals surface area contributed by atoms with E-state index >= 15 is 0 Å². The molecule has 29 heavy (non-hydrogen) atoms. The van der Waals surface area contributed by atoms with Crippen molar-refractivity contribution in [2.24, 2.45) is 5.92 Å². The summed E-state index contributed by atoms with van der Waals surface area (Å²) < 4.78 is 27.2. The van der Waals surface area contributed by atoms with E-state index in [1.165, 1.54) is 22.0 Å². The summed E-state index contributed by atoms with van der Waals surface area (Å²) >= 11 is 5.86. The lowest BCUT2D eigenvalue weighted by Crippen LogP contribution is -2.43. The molecule has 1 amide bonds. The molecule has 0 spiro atoms. The smallest absolute Gasteiger partial charge is 0.243 e. The van der Waals surface area contributed by atoms with Crippen molar-refractivity contribution in [2.45, 2.75) is 43.9 Å². The van der Waals surface area contributed by atoms with E-state index in [4.69, 9.17) is 11.6 Å². The van der Waals surface area contributed by atoms with Crippen LogP contribution in [0.25, 0.3) is 0 Å². The van der Waals surface area contributed by atoms with E-state index in [1.54, 1.807) is 12.1 Å². The molecule has 1 aliphatic rings. The second-order valence-corrected chi connectivity index (χ2v) is 9.95. The summed E-state index contributed by atoms with van der Waals surface area (Å²) in [5, 5.41) is 3.42. The summed E-state index contributed by atoms with van der Waals surface area (Å²) in [4.78, 5) is 12.9. The minimum Gasteiger partial charge on any atom is -0.326 e. The zero-order valence-corrected chi connectivity index (χ0v) is 18.3. The lowest BCUT2D eigenvalue weighted by atomic mass is 9.97. The second-order valence-electron chi connectivity index (χ2n) is 7.58. The van der Waals surface area contributed by atoms with E-state index in [1.807, 2.05) is 24.3 Å².